The number of hydrogen-bond donors (Lipinski definition) is 2. The monoisotopic (exact) mass is 242 g/mol. The fourth-order valence-corrected chi connectivity index (χ4v) is 3.28. The number of rotatable bonds is 2. The van der Waals surface area contributed by atoms with E-state index in [1.165, 1.54) is 12.8 Å². The topological polar surface area (TPSA) is 49.5 Å². The van der Waals surface area contributed by atoms with Crippen LogP contribution >= 0.6 is 12.2 Å². The van der Waals surface area contributed by atoms with Crippen molar-refractivity contribution in [2.24, 2.45) is 11.7 Å². The SMILES string of the molecule is CC(C(N)=S)N1CCC2(O)CCCCC2C1. The van der Waals surface area contributed by atoms with Gasteiger partial charge in [-0.3, -0.25) is 4.90 Å². The van der Waals surface area contributed by atoms with Crippen molar-refractivity contribution >= 4 is 17.2 Å². The number of fused-ring (bicyclic) bond motifs is 1. The maximum atomic E-state index is 10.5. The predicted octanol–water partition coefficient (Wildman–Crippen LogP) is 1.29. The second-order valence-corrected chi connectivity index (χ2v) is 5.84. The second-order valence-electron chi connectivity index (χ2n) is 5.37. The fraction of sp³-hybridized carbons (Fsp3) is 0.917. The number of likely N-dealkylation sites (tertiary alicyclic amines) is 1. The van der Waals surface area contributed by atoms with Gasteiger partial charge in [0, 0.05) is 19.0 Å². The van der Waals surface area contributed by atoms with Crippen molar-refractivity contribution in [2.75, 3.05) is 13.1 Å². The molecule has 0 bridgehead atoms. The molecule has 0 aromatic heterocycles. The Morgan fingerprint density at radius 1 is 1.50 bits per heavy atom. The molecule has 3 nitrogen and oxygen atoms in total. The third-order valence-electron chi connectivity index (χ3n) is 4.42. The Labute approximate surface area is 103 Å². The van der Waals surface area contributed by atoms with Gasteiger partial charge in [-0.2, -0.15) is 0 Å². The Balaban J connectivity index is 2.02. The van der Waals surface area contributed by atoms with Crippen molar-refractivity contribution in [2.45, 2.75) is 50.7 Å². The van der Waals surface area contributed by atoms with Crippen LogP contribution in [0.3, 0.4) is 0 Å². The second kappa shape index (κ2) is 4.59. The molecule has 1 saturated carbocycles. The Bertz CT molecular complexity index is 284. The zero-order chi connectivity index (χ0) is 11.8. The van der Waals surface area contributed by atoms with Crippen LogP contribution in [0.25, 0.3) is 0 Å². The minimum Gasteiger partial charge on any atom is -0.392 e. The lowest BCUT2D eigenvalue weighted by atomic mass is 9.71. The van der Waals surface area contributed by atoms with E-state index in [1.54, 1.807) is 0 Å². The molecule has 92 valence electrons. The van der Waals surface area contributed by atoms with Gasteiger partial charge in [0.2, 0.25) is 0 Å². The third-order valence-corrected chi connectivity index (χ3v) is 4.76. The maximum absolute atomic E-state index is 10.5. The van der Waals surface area contributed by atoms with Crippen molar-refractivity contribution in [3.63, 3.8) is 0 Å². The summed E-state index contributed by atoms with van der Waals surface area (Å²) in [6.45, 7) is 3.94. The van der Waals surface area contributed by atoms with Gasteiger partial charge in [-0.25, -0.2) is 0 Å². The predicted molar refractivity (Wildman–Crippen MR) is 69.3 cm³/mol. The molecule has 1 saturated heterocycles. The first-order valence-corrected chi connectivity index (χ1v) is 6.69. The molecule has 1 aliphatic heterocycles. The Kier molecular flexibility index (Phi) is 3.52. The number of hydrogen-bond acceptors (Lipinski definition) is 3. The molecule has 0 amide bonds. The summed E-state index contributed by atoms with van der Waals surface area (Å²) in [7, 11) is 0. The third kappa shape index (κ3) is 2.24. The largest absolute Gasteiger partial charge is 0.392 e. The molecule has 2 aliphatic rings. The lowest BCUT2D eigenvalue weighted by Gasteiger charge is -2.48. The summed E-state index contributed by atoms with van der Waals surface area (Å²) in [4.78, 5) is 2.90. The van der Waals surface area contributed by atoms with Gasteiger partial charge in [0.1, 0.15) is 0 Å². The first-order valence-electron chi connectivity index (χ1n) is 6.29. The quantitative estimate of drug-likeness (QED) is 0.716. The average molecular weight is 242 g/mol. The molecule has 2 fully saturated rings. The van der Waals surface area contributed by atoms with Crippen molar-refractivity contribution in [3.05, 3.63) is 0 Å². The van der Waals surface area contributed by atoms with E-state index in [0.717, 1.165) is 32.4 Å². The number of aliphatic hydroxyl groups is 1. The van der Waals surface area contributed by atoms with Gasteiger partial charge >= 0.3 is 0 Å². The Morgan fingerprint density at radius 2 is 2.25 bits per heavy atom. The molecule has 0 aromatic rings. The van der Waals surface area contributed by atoms with Crippen LogP contribution in [0, 0.1) is 5.92 Å². The summed E-state index contributed by atoms with van der Waals surface area (Å²) in [5.41, 5.74) is 5.30. The molecule has 4 heteroatoms. The van der Waals surface area contributed by atoms with Crippen LogP contribution in [0.2, 0.25) is 0 Å². The molecule has 0 radical (unpaired) electrons. The standard InChI is InChI=1S/C12H22N2OS/c1-9(11(13)16)14-7-6-12(15)5-3-2-4-10(12)8-14/h9-10,15H,2-8H2,1H3,(H2,13,16). The number of nitrogens with zero attached hydrogens (tertiary/aromatic N) is 1. The Hall–Kier alpha value is -0.190. The summed E-state index contributed by atoms with van der Waals surface area (Å²) in [5, 5.41) is 10.5. The van der Waals surface area contributed by atoms with E-state index in [4.69, 9.17) is 18.0 Å². The molecule has 0 spiro atoms. The molecular weight excluding hydrogens is 220 g/mol. The first-order chi connectivity index (χ1) is 7.53. The van der Waals surface area contributed by atoms with Crippen LogP contribution in [0.5, 0.6) is 0 Å². The minimum atomic E-state index is -0.398. The van der Waals surface area contributed by atoms with E-state index in [-0.39, 0.29) is 6.04 Å². The number of piperidine rings is 1. The highest BCUT2D eigenvalue weighted by molar-refractivity contribution is 7.80. The fourth-order valence-electron chi connectivity index (χ4n) is 3.13. The van der Waals surface area contributed by atoms with E-state index >= 15 is 0 Å². The molecule has 1 heterocycles. The number of thiocarbonyl (C=S) groups is 1. The highest BCUT2D eigenvalue weighted by atomic mass is 32.1. The van der Waals surface area contributed by atoms with E-state index in [9.17, 15) is 5.11 Å². The van der Waals surface area contributed by atoms with Crippen molar-refractivity contribution < 1.29 is 5.11 Å². The van der Waals surface area contributed by atoms with E-state index in [1.807, 2.05) is 0 Å². The maximum Gasteiger partial charge on any atom is 0.0899 e. The smallest absolute Gasteiger partial charge is 0.0899 e. The molecule has 0 aromatic carbocycles. The molecular formula is C12H22N2OS. The molecule has 3 N–H and O–H groups in total. The average Bonchev–Trinajstić information content (AvgIpc) is 2.26. The highest BCUT2D eigenvalue weighted by Crippen LogP contribution is 2.40. The number of nitrogens with two attached hydrogens (primary N) is 1. The zero-order valence-electron chi connectivity index (χ0n) is 9.98. The van der Waals surface area contributed by atoms with Crippen LogP contribution in [-0.2, 0) is 0 Å². The van der Waals surface area contributed by atoms with Gasteiger partial charge in [-0.1, -0.05) is 25.1 Å². The van der Waals surface area contributed by atoms with Gasteiger partial charge in [0.05, 0.1) is 16.6 Å². The summed E-state index contributed by atoms with van der Waals surface area (Å²) < 4.78 is 0. The normalized spacial score (nSPS) is 37.8. The van der Waals surface area contributed by atoms with Gasteiger partial charge < -0.3 is 10.8 Å². The molecule has 3 unspecified atom stereocenters. The Morgan fingerprint density at radius 3 is 2.94 bits per heavy atom. The van der Waals surface area contributed by atoms with Crippen molar-refractivity contribution in [1.82, 2.24) is 4.90 Å². The van der Waals surface area contributed by atoms with E-state index in [0.29, 0.717) is 10.9 Å². The molecule has 3 atom stereocenters. The van der Waals surface area contributed by atoms with Crippen LogP contribution in [0.1, 0.15) is 39.0 Å². The zero-order valence-corrected chi connectivity index (χ0v) is 10.8. The van der Waals surface area contributed by atoms with Crippen LogP contribution < -0.4 is 5.73 Å². The summed E-state index contributed by atoms with van der Waals surface area (Å²) in [6, 6.07) is 0.168. The summed E-state index contributed by atoms with van der Waals surface area (Å²) in [5.74, 6) is 0.423. The van der Waals surface area contributed by atoms with Crippen LogP contribution in [0.4, 0.5) is 0 Å². The van der Waals surface area contributed by atoms with Gasteiger partial charge in [-0.15, -0.1) is 0 Å². The first kappa shape index (κ1) is 12.3. The van der Waals surface area contributed by atoms with Gasteiger partial charge in [0.25, 0.3) is 0 Å². The van der Waals surface area contributed by atoms with E-state index in [2.05, 4.69) is 11.8 Å². The lowest BCUT2D eigenvalue weighted by molar-refractivity contribution is -0.0973. The minimum absolute atomic E-state index is 0.168. The van der Waals surface area contributed by atoms with Crippen molar-refractivity contribution in [1.29, 1.82) is 0 Å². The van der Waals surface area contributed by atoms with Crippen LogP contribution in [-0.4, -0.2) is 39.7 Å². The highest BCUT2D eigenvalue weighted by Gasteiger charge is 2.43. The van der Waals surface area contributed by atoms with E-state index < -0.39 is 5.60 Å². The lowest BCUT2D eigenvalue weighted by Crippen LogP contribution is -2.57. The molecule has 16 heavy (non-hydrogen) atoms. The summed E-state index contributed by atoms with van der Waals surface area (Å²) >= 11 is 5.05. The summed E-state index contributed by atoms with van der Waals surface area (Å²) in [6.07, 6.45) is 5.44. The van der Waals surface area contributed by atoms with Crippen LogP contribution in [0.15, 0.2) is 0 Å². The molecule has 2 rings (SSSR count). The van der Waals surface area contributed by atoms with Gasteiger partial charge in [0.15, 0.2) is 0 Å². The van der Waals surface area contributed by atoms with Gasteiger partial charge in [-0.05, 0) is 26.2 Å². The molecule has 1 aliphatic carbocycles. The van der Waals surface area contributed by atoms with Crippen molar-refractivity contribution in [3.8, 4) is 0 Å².